The average molecular weight is 206 g/mol. The minimum atomic E-state index is -0.172. The van der Waals surface area contributed by atoms with Crippen LogP contribution >= 0.6 is 0 Å². The molecule has 1 aromatic carbocycles. The van der Waals surface area contributed by atoms with Gasteiger partial charge in [-0.1, -0.05) is 0 Å². The van der Waals surface area contributed by atoms with E-state index >= 15 is 0 Å². The summed E-state index contributed by atoms with van der Waals surface area (Å²) < 4.78 is 15.3. The Kier molecular flexibility index (Phi) is 2.73. The maximum Gasteiger partial charge on any atom is 0.123 e. The number of benzene rings is 1. The lowest BCUT2D eigenvalue weighted by molar-refractivity contribution is 0.629. The molecule has 0 radical (unpaired) electrons. The molecule has 0 spiro atoms. The van der Waals surface area contributed by atoms with Gasteiger partial charge in [0.15, 0.2) is 0 Å². The van der Waals surface area contributed by atoms with E-state index < -0.39 is 0 Å². The molecule has 0 atom stereocenters. The van der Waals surface area contributed by atoms with Crippen molar-refractivity contribution in [2.24, 2.45) is 0 Å². The van der Waals surface area contributed by atoms with Crippen LogP contribution in [0.4, 0.5) is 4.39 Å². The summed E-state index contributed by atoms with van der Waals surface area (Å²) >= 11 is 0. The molecule has 15 heavy (non-hydrogen) atoms. The molecule has 0 fully saturated rings. The van der Waals surface area contributed by atoms with Crippen molar-refractivity contribution >= 4 is 10.9 Å². The van der Waals surface area contributed by atoms with Gasteiger partial charge in [0, 0.05) is 30.2 Å². The second kappa shape index (κ2) is 4.03. The molecule has 0 unspecified atom stereocenters. The van der Waals surface area contributed by atoms with Crippen LogP contribution in [-0.2, 0) is 13.1 Å². The van der Waals surface area contributed by atoms with E-state index in [0.29, 0.717) is 0 Å². The summed E-state index contributed by atoms with van der Waals surface area (Å²) in [5.41, 5.74) is 2.25. The number of halogens is 1. The number of rotatable bonds is 3. The van der Waals surface area contributed by atoms with Gasteiger partial charge < -0.3 is 9.88 Å². The van der Waals surface area contributed by atoms with E-state index in [4.69, 9.17) is 0 Å². The molecule has 0 amide bonds. The highest BCUT2D eigenvalue weighted by atomic mass is 19.1. The molecule has 1 aromatic heterocycles. The van der Waals surface area contributed by atoms with Crippen molar-refractivity contribution in [3.63, 3.8) is 0 Å². The number of hydrogen-bond donors (Lipinski definition) is 1. The Hall–Kier alpha value is -1.35. The number of aryl methyl sites for hydroxylation is 1. The number of fused-ring (bicyclic) bond motifs is 1. The fraction of sp³-hybridized carbons (Fsp3) is 0.333. The van der Waals surface area contributed by atoms with Gasteiger partial charge >= 0.3 is 0 Å². The first-order chi connectivity index (χ1) is 7.26. The molecule has 0 aliphatic rings. The van der Waals surface area contributed by atoms with Crippen molar-refractivity contribution < 1.29 is 4.39 Å². The van der Waals surface area contributed by atoms with Gasteiger partial charge in [-0.3, -0.25) is 0 Å². The van der Waals surface area contributed by atoms with Crippen molar-refractivity contribution in [3.8, 4) is 0 Å². The molecule has 1 N–H and O–H groups in total. The predicted octanol–water partition coefficient (Wildman–Crippen LogP) is 2.52. The Morgan fingerprint density at radius 1 is 1.40 bits per heavy atom. The minimum absolute atomic E-state index is 0.172. The van der Waals surface area contributed by atoms with Crippen molar-refractivity contribution in [2.45, 2.75) is 20.0 Å². The van der Waals surface area contributed by atoms with Crippen molar-refractivity contribution in [1.29, 1.82) is 0 Å². The van der Waals surface area contributed by atoms with E-state index in [9.17, 15) is 4.39 Å². The number of aromatic nitrogens is 1. The van der Waals surface area contributed by atoms with Crippen LogP contribution in [0.2, 0.25) is 0 Å². The van der Waals surface area contributed by atoms with Crippen molar-refractivity contribution in [2.75, 3.05) is 7.05 Å². The minimum Gasteiger partial charge on any atom is -0.347 e. The van der Waals surface area contributed by atoms with Gasteiger partial charge in [0.1, 0.15) is 5.82 Å². The van der Waals surface area contributed by atoms with Crippen molar-refractivity contribution in [3.05, 3.63) is 35.8 Å². The molecular formula is C12H15FN2. The summed E-state index contributed by atoms with van der Waals surface area (Å²) in [5, 5.41) is 4.10. The summed E-state index contributed by atoms with van der Waals surface area (Å²) in [4.78, 5) is 0. The highest BCUT2D eigenvalue weighted by Gasteiger charge is 2.07. The van der Waals surface area contributed by atoms with Gasteiger partial charge in [-0.25, -0.2) is 4.39 Å². The highest BCUT2D eigenvalue weighted by Crippen LogP contribution is 2.22. The zero-order valence-corrected chi connectivity index (χ0v) is 9.05. The third-order valence-electron chi connectivity index (χ3n) is 2.63. The van der Waals surface area contributed by atoms with Gasteiger partial charge in [-0.05, 0) is 37.7 Å². The first kappa shape index (κ1) is 10.2. The SMILES string of the molecule is CCn1cc(CNC)c2cc(F)ccc21. The first-order valence-corrected chi connectivity index (χ1v) is 5.18. The normalized spacial score (nSPS) is 11.1. The quantitative estimate of drug-likeness (QED) is 0.816. The molecule has 0 saturated carbocycles. The van der Waals surface area contributed by atoms with Crippen LogP contribution in [0, 0.1) is 5.82 Å². The van der Waals surface area contributed by atoms with E-state index in [2.05, 4.69) is 23.0 Å². The molecule has 2 rings (SSSR count). The Bertz CT molecular complexity index is 474. The van der Waals surface area contributed by atoms with Gasteiger partial charge in [-0.2, -0.15) is 0 Å². The van der Waals surface area contributed by atoms with E-state index in [1.54, 1.807) is 6.07 Å². The zero-order chi connectivity index (χ0) is 10.8. The molecular weight excluding hydrogens is 191 g/mol. The molecule has 3 heteroatoms. The Morgan fingerprint density at radius 2 is 2.20 bits per heavy atom. The first-order valence-electron chi connectivity index (χ1n) is 5.18. The average Bonchev–Trinajstić information content (AvgIpc) is 2.57. The fourth-order valence-corrected chi connectivity index (χ4v) is 1.94. The summed E-state index contributed by atoms with van der Waals surface area (Å²) in [6, 6.07) is 4.96. The standard InChI is InChI=1S/C12H15FN2/c1-3-15-8-9(7-14-2)11-6-10(13)4-5-12(11)15/h4-6,8,14H,3,7H2,1-2H3. The lowest BCUT2D eigenvalue weighted by atomic mass is 10.2. The summed E-state index contributed by atoms with van der Waals surface area (Å²) in [6.07, 6.45) is 2.08. The highest BCUT2D eigenvalue weighted by molar-refractivity contribution is 5.84. The zero-order valence-electron chi connectivity index (χ0n) is 9.05. The molecule has 80 valence electrons. The summed E-state index contributed by atoms with van der Waals surface area (Å²) in [7, 11) is 1.90. The molecule has 2 nitrogen and oxygen atoms in total. The summed E-state index contributed by atoms with van der Waals surface area (Å²) in [5.74, 6) is -0.172. The molecule has 0 aliphatic heterocycles. The Morgan fingerprint density at radius 3 is 2.87 bits per heavy atom. The second-order valence-electron chi connectivity index (χ2n) is 3.63. The van der Waals surface area contributed by atoms with Crippen LogP contribution in [0.1, 0.15) is 12.5 Å². The van der Waals surface area contributed by atoms with Gasteiger partial charge in [-0.15, -0.1) is 0 Å². The van der Waals surface area contributed by atoms with E-state index in [1.165, 1.54) is 6.07 Å². The topological polar surface area (TPSA) is 17.0 Å². The van der Waals surface area contributed by atoms with Crippen LogP contribution < -0.4 is 5.32 Å². The van der Waals surface area contributed by atoms with Crippen molar-refractivity contribution in [1.82, 2.24) is 9.88 Å². The van der Waals surface area contributed by atoms with E-state index in [1.807, 2.05) is 13.1 Å². The molecule has 0 aliphatic carbocycles. The maximum atomic E-state index is 13.1. The fourth-order valence-electron chi connectivity index (χ4n) is 1.94. The van der Waals surface area contributed by atoms with E-state index in [-0.39, 0.29) is 5.82 Å². The molecule has 0 bridgehead atoms. The smallest absolute Gasteiger partial charge is 0.123 e. The van der Waals surface area contributed by atoms with Gasteiger partial charge in [0.05, 0.1) is 0 Å². The number of nitrogens with one attached hydrogen (secondary N) is 1. The Balaban J connectivity index is 2.64. The lowest BCUT2D eigenvalue weighted by Gasteiger charge is -1.99. The Labute approximate surface area is 88.7 Å². The third-order valence-corrected chi connectivity index (χ3v) is 2.63. The third kappa shape index (κ3) is 1.75. The maximum absolute atomic E-state index is 13.1. The predicted molar refractivity (Wildman–Crippen MR) is 60.3 cm³/mol. The molecule has 0 saturated heterocycles. The lowest BCUT2D eigenvalue weighted by Crippen LogP contribution is -2.04. The van der Waals surface area contributed by atoms with Gasteiger partial charge in [0.25, 0.3) is 0 Å². The molecule has 2 aromatic rings. The van der Waals surface area contributed by atoms with Crippen LogP contribution in [-0.4, -0.2) is 11.6 Å². The van der Waals surface area contributed by atoms with Crippen LogP contribution in [0.3, 0.4) is 0 Å². The number of nitrogens with zero attached hydrogens (tertiary/aromatic N) is 1. The van der Waals surface area contributed by atoms with Crippen LogP contribution in [0.15, 0.2) is 24.4 Å². The van der Waals surface area contributed by atoms with Gasteiger partial charge in [0.2, 0.25) is 0 Å². The second-order valence-corrected chi connectivity index (χ2v) is 3.63. The largest absolute Gasteiger partial charge is 0.347 e. The van der Waals surface area contributed by atoms with Crippen LogP contribution in [0.25, 0.3) is 10.9 Å². The number of hydrogen-bond acceptors (Lipinski definition) is 1. The van der Waals surface area contributed by atoms with E-state index in [0.717, 1.165) is 29.6 Å². The summed E-state index contributed by atoms with van der Waals surface area (Å²) in [6.45, 7) is 3.77. The molecule has 1 heterocycles. The van der Waals surface area contributed by atoms with Crippen LogP contribution in [0.5, 0.6) is 0 Å². The monoisotopic (exact) mass is 206 g/mol.